The molecule has 3 rings (SSSR count). The Kier molecular flexibility index (Phi) is 6.97. The highest BCUT2D eigenvalue weighted by Crippen LogP contribution is 2.38. The van der Waals surface area contributed by atoms with E-state index in [2.05, 4.69) is 15.8 Å². The predicted octanol–water partition coefficient (Wildman–Crippen LogP) is 5.00. The highest BCUT2D eigenvalue weighted by atomic mass is 35.5. The number of aromatic nitrogens is 1. The van der Waals surface area contributed by atoms with Crippen molar-refractivity contribution in [1.82, 2.24) is 10.4 Å². The fraction of sp³-hybridized carbons (Fsp3) is 0.250. The summed E-state index contributed by atoms with van der Waals surface area (Å²) in [6.07, 6.45) is 0. The fourth-order valence-electron chi connectivity index (χ4n) is 2.63. The van der Waals surface area contributed by atoms with Gasteiger partial charge in [0.25, 0.3) is 0 Å². The minimum atomic E-state index is 0.534. The molecule has 0 bridgehead atoms. The first-order valence-corrected chi connectivity index (χ1v) is 9.98. The molecule has 8 heteroatoms. The lowest BCUT2D eigenvalue weighted by Crippen LogP contribution is -2.20. The molecular weight excluding hydrogens is 398 g/mol. The van der Waals surface area contributed by atoms with Crippen LogP contribution in [0.3, 0.4) is 0 Å². The summed E-state index contributed by atoms with van der Waals surface area (Å²) in [6, 6.07) is 11.5. The third-order valence-corrected chi connectivity index (χ3v) is 4.95. The van der Waals surface area contributed by atoms with Crippen LogP contribution in [-0.4, -0.2) is 25.8 Å². The van der Waals surface area contributed by atoms with Crippen LogP contribution in [0.25, 0.3) is 11.3 Å². The van der Waals surface area contributed by atoms with Gasteiger partial charge in [0.1, 0.15) is 0 Å². The maximum absolute atomic E-state index is 5.94. The van der Waals surface area contributed by atoms with Gasteiger partial charge in [0, 0.05) is 22.5 Å². The van der Waals surface area contributed by atoms with E-state index >= 15 is 0 Å². The second kappa shape index (κ2) is 9.64. The number of ether oxygens (including phenoxy) is 3. The van der Waals surface area contributed by atoms with Crippen molar-refractivity contribution in [2.75, 3.05) is 26.3 Å². The monoisotopic (exact) mass is 419 g/mol. The lowest BCUT2D eigenvalue weighted by atomic mass is 10.2. The number of benzene rings is 2. The van der Waals surface area contributed by atoms with Gasteiger partial charge in [-0.25, -0.2) is 10.4 Å². The molecule has 148 valence electrons. The molecule has 6 nitrogen and oxygen atoms in total. The first kappa shape index (κ1) is 20.3. The molecule has 0 fully saturated rings. The topological polar surface area (TPSA) is 64.6 Å². The molecule has 0 atom stereocenters. The smallest absolute Gasteiger partial charge is 0.203 e. The van der Waals surface area contributed by atoms with Crippen molar-refractivity contribution >= 4 is 28.1 Å². The van der Waals surface area contributed by atoms with E-state index in [0.29, 0.717) is 35.4 Å². The second-order valence-electron chi connectivity index (χ2n) is 5.79. The summed E-state index contributed by atoms with van der Waals surface area (Å²) < 4.78 is 16.5. The number of hydrogen-bond donors (Lipinski definition) is 2. The number of anilines is 1. The number of hydrogen-bond acceptors (Lipinski definition) is 7. The molecule has 1 heterocycles. The van der Waals surface area contributed by atoms with Crippen LogP contribution in [-0.2, 0) is 6.54 Å². The molecule has 28 heavy (non-hydrogen) atoms. The first-order valence-electron chi connectivity index (χ1n) is 8.72. The third-order valence-electron chi connectivity index (χ3n) is 3.94. The Balaban J connectivity index is 1.64. The molecule has 0 saturated heterocycles. The normalized spacial score (nSPS) is 10.6. The molecule has 0 unspecified atom stereocenters. The van der Waals surface area contributed by atoms with Gasteiger partial charge in [-0.15, -0.1) is 11.3 Å². The standard InChI is InChI=1S/C20H22ClN3O3S/c1-4-27-19-17(25-2)9-13(10-18(19)26-3)11-22-24-20-23-16(12-28-20)14-5-7-15(21)8-6-14/h5-10,12,22H,4,11H2,1-3H3,(H,23,24). The maximum atomic E-state index is 5.94. The van der Waals surface area contributed by atoms with Crippen molar-refractivity contribution in [2.45, 2.75) is 13.5 Å². The van der Waals surface area contributed by atoms with Gasteiger partial charge in [-0.3, -0.25) is 5.43 Å². The van der Waals surface area contributed by atoms with Crippen molar-refractivity contribution in [3.8, 4) is 28.5 Å². The van der Waals surface area contributed by atoms with Crippen LogP contribution >= 0.6 is 22.9 Å². The number of nitrogens with zero attached hydrogens (tertiary/aromatic N) is 1. The van der Waals surface area contributed by atoms with Gasteiger partial charge < -0.3 is 14.2 Å². The van der Waals surface area contributed by atoms with Crippen molar-refractivity contribution < 1.29 is 14.2 Å². The van der Waals surface area contributed by atoms with Crippen LogP contribution < -0.4 is 25.1 Å². The summed E-state index contributed by atoms with van der Waals surface area (Å²) in [7, 11) is 3.22. The van der Waals surface area contributed by atoms with E-state index in [4.69, 9.17) is 25.8 Å². The number of methoxy groups -OCH3 is 2. The number of halogens is 1. The molecule has 2 aromatic carbocycles. The van der Waals surface area contributed by atoms with Crippen molar-refractivity contribution in [2.24, 2.45) is 0 Å². The fourth-order valence-corrected chi connectivity index (χ4v) is 3.45. The van der Waals surface area contributed by atoms with Crippen LogP contribution in [0.2, 0.25) is 5.02 Å². The lowest BCUT2D eigenvalue weighted by Gasteiger charge is -2.15. The molecule has 0 amide bonds. The Labute approximate surface area is 173 Å². The SMILES string of the molecule is CCOc1c(OC)cc(CNNc2nc(-c3ccc(Cl)cc3)cs2)cc1OC. The van der Waals surface area contributed by atoms with E-state index in [-0.39, 0.29) is 0 Å². The Bertz CT molecular complexity index is 890. The van der Waals surface area contributed by atoms with E-state index in [9.17, 15) is 0 Å². The number of nitrogens with one attached hydrogen (secondary N) is 2. The van der Waals surface area contributed by atoms with E-state index in [0.717, 1.165) is 22.0 Å². The van der Waals surface area contributed by atoms with Crippen molar-refractivity contribution in [1.29, 1.82) is 0 Å². The summed E-state index contributed by atoms with van der Waals surface area (Å²) in [5, 5.41) is 3.48. The van der Waals surface area contributed by atoms with Crippen LogP contribution in [0.15, 0.2) is 41.8 Å². The molecule has 0 aliphatic heterocycles. The number of hydrazine groups is 1. The summed E-state index contributed by atoms with van der Waals surface area (Å²) >= 11 is 7.46. The first-order chi connectivity index (χ1) is 13.6. The summed E-state index contributed by atoms with van der Waals surface area (Å²) in [5.41, 5.74) is 9.21. The van der Waals surface area contributed by atoms with Gasteiger partial charge in [0.05, 0.1) is 26.5 Å². The van der Waals surface area contributed by atoms with Gasteiger partial charge in [-0.2, -0.15) is 0 Å². The maximum Gasteiger partial charge on any atom is 0.203 e. The van der Waals surface area contributed by atoms with Gasteiger partial charge in [0.15, 0.2) is 16.6 Å². The Hall–Kier alpha value is -2.48. The van der Waals surface area contributed by atoms with E-state index in [1.54, 1.807) is 14.2 Å². The average Bonchev–Trinajstić information content (AvgIpc) is 3.18. The summed E-state index contributed by atoms with van der Waals surface area (Å²) in [5.74, 6) is 1.88. The van der Waals surface area contributed by atoms with Crippen LogP contribution in [0.5, 0.6) is 17.2 Å². The molecule has 1 aromatic heterocycles. The number of thiazole rings is 1. The summed E-state index contributed by atoms with van der Waals surface area (Å²) in [6.45, 7) is 3.01. The molecule has 0 aliphatic rings. The molecule has 0 spiro atoms. The highest BCUT2D eigenvalue weighted by molar-refractivity contribution is 7.14. The van der Waals surface area contributed by atoms with Gasteiger partial charge in [-0.1, -0.05) is 23.7 Å². The molecule has 0 radical (unpaired) electrons. The second-order valence-corrected chi connectivity index (χ2v) is 7.08. The minimum absolute atomic E-state index is 0.534. The molecule has 0 aliphatic carbocycles. The Morgan fingerprint density at radius 3 is 2.36 bits per heavy atom. The van der Waals surface area contributed by atoms with E-state index in [1.165, 1.54) is 11.3 Å². The Morgan fingerprint density at radius 1 is 1.07 bits per heavy atom. The van der Waals surface area contributed by atoms with E-state index in [1.807, 2.05) is 48.7 Å². The quantitative estimate of drug-likeness (QED) is 0.476. The Morgan fingerprint density at radius 2 is 1.75 bits per heavy atom. The molecule has 0 saturated carbocycles. The van der Waals surface area contributed by atoms with Gasteiger partial charge in [0.2, 0.25) is 5.75 Å². The molecule has 3 aromatic rings. The van der Waals surface area contributed by atoms with E-state index < -0.39 is 0 Å². The van der Waals surface area contributed by atoms with Crippen molar-refractivity contribution in [3.05, 3.63) is 52.4 Å². The average molecular weight is 420 g/mol. The van der Waals surface area contributed by atoms with Gasteiger partial charge >= 0.3 is 0 Å². The van der Waals surface area contributed by atoms with Crippen LogP contribution in [0, 0.1) is 0 Å². The predicted molar refractivity (Wildman–Crippen MR) is 114 cm³/mol. The third kappa shape index (κ3) is 4.86. The largest absolute Gasteiger partial charge is 0.493 e. The van der Waals surface area contributed by atoms with Crippen molar-refractivity contribution in [3.63, 3.8) is 0 Å². The zero-order chi connectivity index (χ0) is 19.9. The zero-order valence-corrected chi connectivity index (χ0v) is 17.5. The summed E-state index contributed by atoms with van der Waals surface area (Å²) in [4.78, 5) is 4.58. The van der Waals surface area contributed by atoms with Gasteiger partial charge in [-0.05, 0) is 36.8 Å². The number of rotatable bonds is 9. The molecular formula is C20H22ClN3O3S. The van der Waals surface area contributed by atoms with Crippen LogP contribution in [0.1, 0.15) is 12.5 Å². The zero-order valence-electron chi connectivity index (χ0n) is 15.9. The lowest BCUT2D eigenvalue weighted by molar-refractivity contribution is 0.288. The minimum Gasteiger partial charge on any atom is -0.493 e. The highest BCUT2D eigenvalue weighted by Gasteiger charge is 2.14. The van der Waals surface area contributed by atoms with Crippen LogP contribution in [0.4, 0.5) is 5.13 Å². The molecule has 2 N–H and O–H groups in total.